The SMILES string of the molecule is C=CC(=O)OCCCCCCCCCCCOc1ccc(-c2ccccc2)cc1. The Bertz CT molecular complexity index is 692. The summed E-state index contributed by atoms with van der Waals surface area (Å²) < 4.78 is 10.8. The lowest BCUT2D eigenvalue weighted by Gasteiger charge is -2.08. The number of hydrogen-bond acceptors (Lipinski definition) is 3. The standard InChI is InChI=1S/C26H34O3/c1-2-26(27)29-22-14-9-7-5-3-4-6-8-13-21-28-25-19-17-24(18-20-25)23-15-11-10-12-16-23/h2,10-12,15-20H,1,3-9,13-14,21-22H2. The molecular weight excluding hydrogens is 360 g/mol. The lowest BCUT2D eigenvalue weighted by molar-refractivity contribution is -0.137. The van der Waals surface area contributed by atoms with Crippen molar-refractivity contribution in [2.45, 2.75) is 57.8 Å². The van der Waals surface area contributed by atoms with Gasteiger partial charge in [0.1, 0.15) is 5.75 Å². The van der Waals surface area contributed by atoms with Gasteiger partial charge in [0.05, 0.1) is 13.2 Å². The molecule has 0 aromatic heterocycles. The second-order valence-corrected chi connectivity index (χ2v) is 7.29. The van der Waals surface area contributed by atoms with Gasteiger partial charge >= 0.3 is 5.97 Å². The van der Waals surface area contributed by atoms with Gasteiger partial charge in [-0.25, -0.2) is 4.79 Å². The zero-order valence-corrected chi connectivity index (χ0v) is 17.5. The average Bonchev–Trinajstić information content (AvgIpc) is 2.77. The summed E-state index contributed by atoms with van der Waals surface area (Å²) in [5.41, 5.74) is 2.45. The van der Waals surface area contributed by atoms with Crippen LogP contribution >= 0.6 is 0 Å². The molecule has 0 bridgehead atoms. The number of esters is 1. The summed E-state index contributed by atoms with van der Waals surface area (Å²) in [5.74, 6) is 0.627. The first-order chi connectivity index (χ1) is 14.3. The summed E-state index contributed by atoms with van der Waals surface area (Å²) in [6.07, 6.45) is 11.9. The normalized spacial score (nSPS) is 10.5. The average molecular weight is 395 g/mol. The highest BCUT2D eigenvalue weighted by atomic mass is 16.5. The molecule has 3 nitrogen and oxygen atoms in total. The zero-order valence-electron chi connectivity index (χ0n) is 17.5. The van der Waals surface area contributed by atoms with Gasteiger partial charge in [0.2, 0.25) is 0 Å². The van der Waals surface area contributed by atoms with Crippen molar-refractivity contribution >= 4 is 5.97 Å². The minimum atomic E-state index is -0.321. The minimum absolute atomic E-state index is 0.321. The fourth-order valence-electron chi connectivity index (χ4n) is 3.24. The van der Waals surface area contributed by atoms with Crippen molar-refractivity contribution in [3.63, 3.8) is 0 Å². The molecule has 29 heavy (non-hydrogen) atoms. The van der Waals surface area contributed by atoms with E-state index in [9.17, 15) is 4.79 Å². The van der Waals surface area contributed by atoms with Crippen LogP contribution in [0.2, 0.25) is 0 Å². The van der Waals surface area contributed by atoms with Crippen LogP contribution in [0.15, 0.2) is 67.3 Å². The Labute approximate surface area is 175 Å². The fraction of sp³-hybridized carbons (Fsp3) is 0.423. The van der Waals surface area contributed by atoms with Crippen LogP contribution in [0.25, 0.3) is 11.1 Å². The van der Waals surface area contributed by atoms with Crippen molar-refractivity contribution in [1.29, 1.82) is 0 Å². The lowest BCUT2D eigenvalue weighted by atomic mass is 10.1. The van der Waals surface area contributed by atoms with Crippen molar-refractivity contribution in [3.8, 4) is 16.9 Å². The van der Waals surface area contributed by atoms with Gasteiger partial charge in [-0.15, -0.1) is 0 Å². The summed E-state index contributed by atoms with van der Waals surface area (Å²) in [4.78, 5) is 10.9. The molecule has 0 spiro atoms. The first-order valence-corrected chi connectivity index (χ1v) is 10.9. The second kappa shape index (κ2) is 14.4. The topological polar surface area (TPSA) is 35.5 Å². The number of carbonyl (C=O) groups excluding carboxylic acids is 1. The van der Waals surface area contributed by atoms with Crippen LogP contribution in [-0.2, 0) is 9.53 Å². The largest absolute Gasteiger partial charge is 0.494 e. The maximum atomic E-state index is 10.9. The predicted octanol–water partition coefficient (Wildman–Crippen LogP) is 6.97. The maximum absolute atomic E-state index is 10.9. The van der Waals surface area contributed by atoms with E-state index in [0.29, 0.717) is 6.61 Å². The Morgan fingerprint density at radius 2 is 1.21 bits per heavy atom. The Morgan fingerprint density at radius 3 is 1.79 bits per heavy atom. The molecule has 0 fully saturated rings. The number of rotatable bonds is 15. The molecule has 0 amide bonds. The van der Waals surface area contributed by atoms with Crippen LogP contribution in [0.4, 0.5) is 0 Å². The van der Waals surface area contributed by atoms with E-state index in [2.05, 4.69) is 55.1 Å². The number of carbonyl (C=O) groups is 1. The molecule has 0 saturated carbocycles. The molecule has 2 aromatic rings. The van der Waals surface area contributed by atoms with Crippen LogP contribution in [0.3, 0.4) is 0 Å². The Morgan fingerprint density at radius 1 is 0.690 bits per heavy atom. The molecule has 0 atom stereocenters. The summed E-state index contributed by atoms with van der Waals surface area (Å²) in [7, 11) is 0. The number of ether oxygens (including phenoxy) is 2. The van der Waals surface area contributed by atoms with E-state index in [-0.39, 0.29) is 5.97 Å². The van der Waals surface area contributed by atoms with Crippen molar-refractivity contribution in [2.75, 3.05) is 13.2 Å². The minimum Gasteiger partial charge on any atom is -0.494 e. The van der Waals surface area contributed by atoms with Crippen molar-refractivity contribution in [3.05, 3.63) is 67.3 Å². The van der Waals surface area contributed by atoms with Gasteiger partial charge in [0, 0.05) is 6.08 Å². The fourth-order valence-corrected chi connectivity index (χ4v) is 3.24. The summed E-state index contributed by atoms with van der Waals surface area (Å²) in [6, 6.07) is 18.7. The molecule has 0 saturated heterocycles. The van der Waals surface area contributed by atoms with E-state index in [1.165, 1.54) is 55.7 Å². The molecule has 0 unspecified atom stereocenters. The molecular formula is C26H34O3. The van der Waals surface area contributed by atoms with E-state index >= 15 is 0 Å². The summed E-state index contributed by atoms with van der Waals surface area (Å²) in [6.45, 7) is 4.68. The van der Waals surface area contributed by atoms with E-state index < -0.39 is 0 Å². The Hall–Kier alpha value is -2.55. The van der Waals surface area contributed by atoms with E-state index in [1.54, 1.807) is 0 Å². The first-order valence-electron chi connectivity index (χ1n) is 10.9. The highest BCUT2D eigenvalue weighted by Crippen LogP contribution is 2.22. The second-order valence-electron chi connectivity index (χ2n) is 7.29. The van der Waals surface area contributed by atoms with Crippen LogP contribution in [0, 0.1) is 0 Å². The van der Waals surface area contributed by atoms with E-state index in [0.717, 1.165) is 31.6 Å². The molecule has 0 heterocycles. The molecule has 0 radical (unpaired) electrons. The number of hydrogen-bond donors (Lipinski definition) is 0. The molecule has 0 aliphatic heterocycles. The summed E-state index contributed by atoms with van der Waals surface area (Å²) in [5, 5.41) is 0. The highest BCUT2D eigenvalue weighted by molar-refractivity contribution is 5.81. The lowest BCUT2D eigenvalue weighted by Crippen LogP contribution is -2.01. The zero-order chi connectivity index (χ0) is 20.6. The van der Waals surface area contributed by atoms with Crippen molar-refractivity contribution in [1.82, 2.24) is 0 Å². The van der Waals surface area contributed by atoms with Gasteiger partial charge in [-0.05, 0) is 36.1 Å². The van der Waals surface area contributed by atoms with Crippen molar-refractivity contribution < 1.29 is 14.3 Å². The molecule has 0 aliphatic carbocycles. The van der Waals surface area contributed by atoms with Crippen LogP contribution in [-0.4, -0.2) is 19.2 Å². The Balaban J connectivity index is 1.41. The molecule has 2 aromatic carbocycles. The van der Waals surface area contributed by atoms with Gasteiger partial charge < -0.3 is 9.47 Å². The van der Waals surface area contributed by atoms with Crippen molar-refractivity contribution in [2.24, 2.45) is 0 Å². The predicted molar refractivity (Wildman–Crippen MR) is 120 cm³/mol. The van der Waals surface area contributed by atoms with Crippen LogP contribution in [0.1, 0.15) is 57.8 Å². The quantitative estimate of drug-likeness (QED) is 0.186. The molecule has 2 rings (SSSR count). The summed E-state index contributed by atoms with van der Waals surface area (Å²) >= 11 is 0. The number of benzene rings is 2. The first kappa shape index (κ1) is 22.7. The molecule has 3 heteroatoms. The highest BCUT2D eigenvalue weighted by Gasteiger charge is 1.99. The molecule has 0 N–H and O–H groups in total. The van der Waals surface area contributed by atoms with Crippen LogP contribution in [0.5, 0.6) is 5.75 Å². The third-order valence-electron chi connectivity index (χ3n) is 4.93. The monoisotopic (exact) mass is 394 g/mol. The number of unbranched alkanes of at least 4 members (excludes halogenated alkanes) is 8. The smallest absolute Gasteiger partial charge is 0.330 e. The maximum Gasteiger partial charge on any atom is 0.330 e. The molecule has 0 aliphatic rings. The van der Waals surface area contributed by atoms with Gasteiger partial charge in [0.25, 0.3) is 0 Å². The van der Waals surface area contributed by atoms with E-state index in [4.69, 9.17) is 9.47 Å². The third-order valence-corrected chi connectivity index (χ3v) is 4.93. The third kappa shape index (κ3) is 9.98. The Kier molecular flexibility index (Phi) is 11.3. The van der Waals surface area contributed by atoms with Gasteiger partial charge in [-0.2, -0.15) is 0 Å². The van der Waals surface area contributed by atoms with E-state index in [1.807, 2.05) is 6.07 Å². The van der Waals surface area contributed by atoms with Gasteiger partial charge in [-0.3, -0.25) is 0 Å². The molecule has 156 valence electrons. The van der Waals surface area contributed by atoms with Gasteiger partial charge in [0.15, 0.2) is 0 Å². The van der Waals surface area contributed by atoms with Gasteiger partial charge in [-0.1, -0.05) is 94.0 Å². The van der Waals surface area contributed by atoms with Crippen LogP contribution < -0.4 is 4.74 Å².